The van der Waals surface area contributed by atoms with E-state index in [-0.39, 0.29) is 5.97 Å². The Morgan fingerprint density at radius 3 is 2.58 bits per heavy atom. The number of likely N-dealkylation sites (tertiary alicyclic amines) is 1. The molecule has 19 heavy (non-hydrogen) atoms. The topological polar surface area (TPSA) is 41.6 Å². The fourth-order valence-corrected chi connectivity index (χ4v) is 3.42. The lowest BCUT2D eigenvalue weighted by atomic mass is 9.91. The number of carbonyl (C=O) groups is 1. The Labute approximate surface area is 116 Å². The predicted octanol–water partition coefficient (Wildman–Crippen LogP) is 1.65. The van der Waals surface area contributed by atoms with Gasteiger partial charge in [-0.25, -0.2) is 4.79 Å². The summed E-state index contributed by atoms with van der Waals surface area (Å²) in [5.74, 6) is 0.366. The average Bonchev–Trinajstić information content (AvgIpc) is 3.14. The maximum atomic E-state index is 12.3. The molecule has 110 valence electrons. The highest BCUT2D eigenvalue weighted by molar-refractivity contribution is 5.82. The van der Waals surface area contributed by atoms with Gasteiger partial charge in [0.25, 0.3) is 0 Å². The van der Waals surface area contributed by atoms with Gasteiger partial charge in [-0.05, 0) is 43.7 Å². The summed E-state index contributed by atoms with van der Waals surface area (Å²) in [7, 11) is 1.50. The molecule has 0 aromatic rings. The van der Waals surface area contributed by atoms with Gasteiger partial charge in [-0.1, -0.05) is 20.8 Å². The van der Waals surface area contributed by atoms with E-state index in [1.807, 2.05) is 0 Å². The Morgan fingerprint density at radius 1 is 1.47 bits per heavy atom. The fourth-order valence-electron chi connectivity index (χ4n) is 3.42. The molecule has 1 saturated carbocycles. The quantitative estimate of drug-likeness (QED) is 0.744. The molecular weight excluding hydrogens is 240 g/mol. The largest absolute Gasteiger partial charge is 0.468 e. The average molecular weight is 268 g/mol. The first kappa shape index (κ1) is 14.8. The minimum Gasteiger partial charge on any atom is -0.468 e. The summed E-state index contributed by atoms with van der Waals surface area (Å²) in [6, 6.07) is 0. The first-order chi connectivity index (χ1) is 8.93. The lowest BCUT2D eigenvalue weighted by Gasteiger charge is -2.36. The van der Waals surface area contributed by atoms with E-state index in [1.54, 1.807) is 0 Å². The van der Waals surface area contributed by atoms with Gasteiger partial charge >= 0.3 is 5.97 Å². The number of rotatable bonds is 6. The van der Waals surface area contributed by atoms with E-state index in [2.05, 4.69) is 31.0 Å². The van der Waals surface area contributed by atoms with Crippen molar-refractivity contribution in [1.29, 1.82) is 0 Å². The number of hydrogen-bond acceptors (Lipinski definition) is 4. The molecular formula is C15H28N2O2. The second-order valence-electron chi connectivity index (χ2n) is 6.89. The summed E-state index contributed by atoms with van der Waals surface area (Å²) in [5.41, 5.74) is -0.110. The molecule has 0 spiro atoms. The predicted molar refractivity (Wildman–Crippen MR) is 76.0 cm³/mol. The van der Waals surface area contributed by atoms with Crippen LogP contribution in [-0.4, -0.2) is 49.7 Å². The molecule has 2 aliphatic rings. The monoisotopic (exact) mass is 268 g/mol. The third-order valence-electron chi connectivity index (χ3n) is 4.55. The number of likely N-dealkylation sites (N-methyl/N-ethyl adjacent to an activating group) is 1. The van der Waals surface area contributed by atoms with Gasteiger partial charge in [0.15, 0.2) is 0 Å². The molecule has 4 nitrogen and oxygen atoms in total. The van der Waals surface area contributed by atoms with E-state index < -0.39 is 5.54 Å². The Bertz CT molecular complexity index is 339. The lowest BCUT2D eigenvalue weighted by Crippen LogP contribution is -2.61. The third-order valence-corrected chi connectivity index (χ3v) is 4.55. The van der Waals surface area contributed by atoms with E-state index in [9.17, 15) is 4.79 Å². The summed E-state index contributed by atoms with van der Waals surface area (Å²) in [5, 5.41) is 3.45. The Balaban J connectivity index is 2.11. The highest BCUT2D eigenvalue weighted by atomic mass is 16.5. The summed E-state index contributed by atoms with van der Waals surface area (Å²) < 4.78 is 5.10. The van der Waals surface area contributed by atoms with Crippen LogP contribution in [0.25, 0.3) is 0 Å². The second kappa shape index (κ2) is 5.41. The molecule has 1 aliphatic carbocycles. The van der Waals surface area contributed by atoms with E-state index >= 15 is 0 Å². The van der Waals surface area contributed by atoms with Gasteiger partial charge in [-0.15, -0.1) is 0 Å². The summed E-state index contributed by atoms with van der Waals surface area (Å²) in [6.07, 6.45) is 3.49. The number of carbonyl (C=O) groups excluding carboxylic acids is 1. The highest BCUT2D eigenvalue weighted by Crippen LogP contribution is 2.42. The van der Waals surface area contributed by atoms with Crippen molar-refractivity contribution in [3.63, 3.8) is 0 Å². The van der Waals surface area contributed by atoms with Gasteiger partial charge in [0.2, 0.25) is 0 Å². The maximum Gasteiger partial charge on any atom is 0.327 e. The second-order valence-corrected chi connectivity index (χ2v) is 6.89. The highest BCUT2D eigenvalue weighted by Gasteiger charge is 2.53. The van der Waals surface area contributed by atoms with Crippen LogP contribution in [0.3, 0.4) is 0 Å². The third kappa shape index (κ3) is 3.11. The summed E-state index contributed by atoms with van der Waals surface area (Å²) >= 11 is 0. The van der Waals surface area contributed by atoms with Gasteiger partial charge in [-0.3, -0.25) is 0 Å². The first-order valence-corrected chi connectivity index (χ1v) is 7.49. The number of hydrogen-bond donors (Lipinski definition) is 1. The van der Waals surface area contributed by atoms with Crippen molar-refractivity contribution in [2.45, 2.75) is 45.6 Å². The fraction of sp³-hybridized carbons (Fsp3) is 0.933. The molecule has 0 amide bonds. The van der Waals surface area contributed by atoms with Crippen LogP contribution in [0.5, 0.6) is 0 Å². The van der Waals surface area contributed by atoms with Gasteiger partial charge < -0.3 is 15.0 Å². The molecule has 0 aromatic carbocycles. The van der Waals surface area contributed by atoms with E-state index in [1.165, 1.54) is 13.5 Å². The van der Waals surface area contributed by atoms with Crippen LogP contribution in [0.2, 0.25) is 0 Å². The van der Waals surface area contributed by atoms with E-state index in [0.29, 0.717) is 11.3 Å². The summed E-state index contributed by atoms with van der Waals surface area (Å²) in [6.45, 7) is 10.4. The smallest absolute Gasteiger partial charge is 0.327 e. The van der Waals surface area contributed by atoms with Crippen molar-refractivity contribution < 1.29 is 9.53 Å². The zero-order valence-electron chi connectivity index (χ0n) is 12.8. The standard InChI is InChI=1S/C15H28N2O2/c1-5-16-15(12-6-7-12,13(18)19-4)11-17-9-8-14(2,3)10-17/h12,16H,5-11H2,1-4H3. The van der Waals surface area contributed by atoms with Crippen LogP contribution in [0, 0.1) is 11.3 Å². The number of esters is 1. The van der Waals surface area contributed by atoms with Crippen molar-refractivity contribution in [2.24, 2.45) is 11.3 Å². The molecule has 1 unspecified atom stereocenters. The Kier molecular flexibility index (Phi) is 4.21. The molecule has 1 N–H and O–H groups in total. The molecule has 0 aromatic heterocycles. The van der Waals surface area contributed by atoms with Crippen LogP contribution < -0.4 is 5.32 Å². The summed E-state index contributed by atoms with van der Waals surface area (Å²) in [4.78, 5) is 14.8. The number of nitrogens with one attached hydrogen (secondary N) is 1. The van der Waals surface area contributed by atoms with Gasteiger partial charge in [0, 0.05) is 13.1 Å². The van der Waals surface area contributed by atoms with Crippen molar-refractivity contribution in [3.05, 3.63) is 0 Å². The first-order valence-electron chi connectivity index (χ1n) is 7.49. The van der Waals surface area contributed by atoms with Crippen molar-refractivity contribution in [1.82, 2.24) is 10.2 Å². The normalized spacial score (nSPS) is 26.1. The minimum atomic E-state index is -0.482. The van der Waals surface area contributed by atoms with Crippen LogP contribution in [-0.2, 0) is 9.53 Å². The molecule has 4 heteroatoms. The van der Waals surface area contributed by atoms with Crippen LogP contribution in [0.4, 0.5) is 0 Å². The van der Waals surface area contributed by atoms with Gasteiger partial charge in [0.1, 0.15) is 5.54 Å². The van der Waals surface area contributed by atoms with Crippen molar-refractivity contribution in [3.8, 4) is 0 Å². The van der Waals surface area contributed by atoms with E-state index in [4.69, 9.17) is 4.74 Å². The molecule has 1 aliphatic heterocycles. The molecule has 0 radical (unpaired) electrons. The molecule has 2 fully saturated rings. The molecule has 1 saturated heterocycles. The zero-order valence-corrected chi connectivity index (χ0v) is 12.8. The number of ether oxygens (including phenoxy) is 1. The van der Waals surface area contributed by atoms with Crippen molar-refractivity contribution >= 4 is 5.97 Å². The Morgan fingerprint density at radius 2 is 2.16 bits per heavy atom. The van der Waals surface area contributed by atoms with Crippen LogP contribution in [0.1, 0.15) is 40.0 Å². The number of nitrogens with zero attached hydrogens (tertiary/aromatic N) is 1. The van der Waals surface area contributed by atoms with Gasteiger partial charge in [-0.2, -0.15) is 0 Å². The van der Waals surface area contributed by atoms with E-state index in [0.717, 1.165) is 39.0 Å². The lowest BCUT2D eigenvalue weighted by molar-refractivity contribution is -0.150. The van der Waals surface area contributed by atoms with Crippen LogP contribution >= 0.6 is 0 Å². The minimum absolute atomic E-state index is 0.0819. The zero-order chi connectivity index (χ0) is 14.1. The van der Waals surface area contributed by atoms with Crippen molar-refractivity contribution in [2.75, 3.05) is 33.3 Å². The molecule has 1 heterocycles. The molecule has 0 bridgehead atoms. The maximum absolute atomic E-state index is 12.3. The number of methoxy groups -OCH3 is 1. The van der Waals surface area contributed by atoms with Gasteiger partial charge in [0.05, 0.1) is 7.11 Å². The molecule has 2 rings (SSSR count). The van der Waals surface area contributed by atoms with Crippen LogP contribution in [0.15, 0.2) is 0 Å². The Hall–Kier alpha value is -0.610. The molecule has 1 atom stereocenters. The SMILES string of the molecule is CCNC(CN1CCC(C)(C)C1)(C(=O)OC)C1CC1.